The summed E-state index contributed by atoms with van der Waals surface area (Å²) in [7, 11) is 0. The number of rotatable bonds is 5. The van der Waals surface area contributed by atoms with Crippen molar-refractivity contribution in [2.45, 2.75) is 6.54 Å². The minimum absolute atomic E-state index is 0.155. The van der Waals surface area contributed by atoms with Crippen molar-refractivity contribution in [2.24, 2.45) is 0 Å². The van der Waals surface area contributed by atoms with Crippen LogP contribution in [-0.2, 0) is 6.54 Å². The molecule has 0 spiro atoms. The highest BCUT2D eigenvalue weighted by Crippen LogP contribution is 2.25. The second-order valence-corrected chi connectivity index (χ2v) is 6.11. The van der Waals surface area contributed by atoms with Crippen LogP contribution in [0.1, 0.15) is 16.1 Å². The lowest BCUT2D eigenvalue weighted by Gasteiger charge is -2.08. The molecule has 0 fully saturated rings. The molecule has 0 aliphatic rings. The van der Waals surface area contributed by atoms with Crippen molar-refractivity contribution in [3.8, 4) is 0 Å². The van der Waals surface area contributed by atoms with Crippen LogP contribution in [0.15, 0.2) is 54.7 Å². The average Bonchev–Trinajstić information content (AvgIpc) is 2.64. The molecule has 132 valence electrons. The number of hydrogen-bond donors (Lipinski definition) is 2. The molecule has 2 aromatic carbocycles. The quantitative estimate of drug-likeness (QED) is 0.657. The molecule has 26 heavy (non-hydrogen) atoms. The van der Waals surface area contributed by atoms with Gasteiger partial charge in [0.05, 0.1) is 10.0 Å². The molecule has 0 aliphatic carbocycles. The van der Waals surface area contributed by atoms with E-state index in [0.717, 1.165) is 0 Å². The number of carbonyl (C=O) groups is 1. The van der Waals surface area contributed by atoms with Crippen LogP contribution in [-0.4, -0.2) is 15.9 Å². The summed E-state index contributed by atoms with van der Waals surface area (Å²) >= 11 is 11.8. The molecule has 2 N–H and O–H groups in total. The van der Waals surface area contributed by atoms with Crippen LogP contribution in [0.25, 0.3) is 0 Å². The first-order valence-electron chi connectivity index (χ1n) is 7.59. The van der Waals surface area contributed by atoms with Gasteiger partial charge in [-0.15, -0.1) is 0 Å². The number of anilines is 2. The Balaban J connectivity index is 1.69. The molecular formula is C18H13Cl2FN4O. The lowest BCUT2D eigenvalue weighted by Crippen LogP contribution is -2.15. The smallest absolute Gasteiger partial charge is 0.274 e. The van der Waals surface area contributed by atoms with Gasteiger partial charge in [0.15, 0.2) is 0 Å². The zero-order valence-corrected chi connectivity index (χ0v) is 14.9. The molecule has 1 aromatic heterocycles. The van der Waals surface area contributed by atoms with E-state index in [2.05, 4.69) is 20.6 Å². The van der Waals surface area contributed by atoms with Crippen molar-refractivity contribution >= 4 is 40.7 Å². The topological polar surface area (TPSA) is 66.9 Å². The maximum atomic E-state index is 13.6. The highest BCUT2D eigenvalue weighted by Gasteiger charge is 2.11. The van der Waals surface area contributed by atoms with Gasteiger partial charge in [0.1, 0.15) is 11.5 Å². The van der Waals surface area contributed by atoms with Gasteiger partial charge in [-0.2, -0.15) is 0 Å². The van der Waals surface area contributed by atoms with Gasteiger partial charge in [0, 0.05) is 24.0 Å². The second kappa shape index (κ2) is 8.12. The van der Waals surface area contributed by atoms with Crippen LogP contribution in [0.3, 0.4) is 0 Å². The maximum absolute atomic E-state index is 13.6. The first-order valence-corrected chi connectivity index (χ1v) is 8.35. The molecule has 8 heteroatoms. The molecule has 3 aromatic rings. The highest BCUT2D eigenvalue weighted by atomic mass is 35.5. The number of aromatic nitrogens is 2. The number of amides is 1. The predicted octanol–water partition coefficient (Wildman–Crippen LogP) is 4.79. The fraction of sp³-hybridized carbons (Fsp3) is 0.0556. The summed E-state index contributed by atoms with van der Waals surface area (Å²) in [6.07, 6.45) is 1.44. The van der Waals surface area contributed by atoms with Crippen molar-refractivity contribution in [2.75, 3.05) is 10.6 Å². The third kappa shape index (κ3) is 4.47. The number of nitrogens with zero attached hydrogens (tertiary/aromatic N) is 2. The summed E-state index contributed by atoms with van der Waals surface area (Å²) in [5.41, 5.74) is 1.12. The average molecular weight is 391 g/mol. The number of halogens is 3. The van der Waals surface area contributed by atoms with Gasteiger partial charge >= 0.3 is 0 Å². The Morgan fingerprint density at radius 1 is 1.08 bits per heavy atom. The Kier molecular flexibility index (Phi) is 5.65. The molecule has 1 heterocycles. The van der Waals surface area contributed by atoms with Crippen LogP contribution in [0, 0.1) is 5.82 Å². The third-order valence-corrected chi connectivity index (χ3v) is 4.20. The van der Waals surface area contributed by atoms with Gasteiger partial charge < -0.3 is 10.6 Å². The van der Waals surface area contributed by atoms with E-state index in [0.29, 0.717) is 21.3 Å². The summed E-state index contributed by atoms with van der Waals surface area (Å²) in [6.45, 7) is 0.199. The van der Waals surface area contributed by atoms with Crippen LogP contribution < -0.4 is 10.6 Å². The van der Waals surface area contributed by atoms with Gasteiger partial charge in [-0.05, 0) is 30.3 Å². The fourth-order valence-corrected chi connectivity index (χ4v) is 2.45. The van der Waals surface area contributed by atoms with Gasteiger partial charge in [-0.1, -0.05) is 41.4 Å². The number of nitrogens with one attached hydrogen (secondary N) is 2. The molecule has 1 amide bonds. The minimum atomic E-state index is -0.431. The van der Waals surface area contributed by atoms with Crippen LogP contribution >= 0.6 is 23.2 Å². The van der Waals surface area contributed by atoms with Gasteiger partial charge in [-0.3, -0.25) is 4.79 Å². The molecule has 0 unspecified atom stereocenters. The monoisotopic (exact) mass is 390 g/mol. The van der Waals surface area contributed by atoms with E-state index in [1.807, 2.05) is 0 Å². The van der Waals surface area contributed by atoms with E-state index in [1.54, 1.807) is 36.4 Å². The molecular weight excluding hydrogens is 378 g/mol. The normalized spacial score (nSPS) is 10.4. The van der Waals surface area contributed by atoms with Crippen molar-refractivity contribution in [3.63, 3.8) is 0 Å². The summed E-state index contributed by atoms with van der Waals surface area (Å²) in [5.74, 6) is -0.539. The lowest BCUT2D eigenvalue weighted by atomic mass is 10.2. The first kappa shape index (κ1) is 18.1. The Hall–Kier alpha value is -2.70. The van der Waals surface area contributed by atoms with Gasteiger partial charge in [0.25, 0.3) is 5.91 Å². The first-order chi connectivity index (χ1) is 12.5. The number of benzene rings is 2. The van der Waals surface area contributed by atoms with E-state index < -0.39 is 5.91 Å². The molecule has 0 bridgehead atoms. The number of hydrogen-bond acceptors (Lipinski definition) is 4. The molecule has 0 saturated carbocycles. The third-order valence-electron chi connectivity index (χ3n) is 3.46. The summed E-state index contributed by atoms with van der Waals surface area (Å²) in [4.78, 5) is 20.5. The molecule has 3 rings (SSSR count). The molecule has 0 atom stereocenters. The van der Waals surface area contributed by atoms with Gasteiger partial charge in [-0.25, -0.2) is 14.4 Å². The molecule has 0 radical (unpaired) electrons. The largest absolute Gasteiger partial charge is 0.350 e. The van der Waals surface area contributed by atoms with Crippen molar-refractivity contribution in [3.05, 3.63) is 81.8 Å². The van der Waals surface area contributed by atoms with Crippen LogP contribution in [0.4, 0.5) is 16.0 Å². The van der Waals surface area contributed by atoms with Crippen LogP contribution in [0.5, 0.6) is 0 Å². The van der Waals surface area contributed by atoms with Crippen LogP contribution in [0.2, 0.25) is 10.0 Å². The Morgan fingerprint density at radius 3 is 2.65 bits per heavy atom. The van der Waals surface area contributed by atoms with E-state index in [4.69, 9.17) is 23.2 Å². The summed E-state index contributed by atoms with van der Waals surface area (Å²) in [5, 5.41) is 6.30. The summed E-state index contributed by atoms with van der Waals surface area (Å²) in [6, 6.07) is 12.6. The standard InChI is InChI=1S/C18H13Cl2FN4O/c19-13-6-5-12(9-14(13)20)24-17(26)16-7-8-22-18(25-16)23-10-11-3-1-2-4-15(11)21/h1-9H,10H2,(H,24,26)(H,22,23,25). The highest BCUT2D eigenvalue weighted by molar-refractivity contribution is 6.42. The van der Waals surface area contributed by atoms with E-state index >= 15 is 0 Å². The zero-order chi connectivity index (χ0) is 18.5. The molecule has 0 saturated heterocycles. The second-order valence-electron chi connectivity index (χ2n) is 5.29. The van der Waals surface area contributed by atoms with E-state index in [-0.39, 0.29) is 24.0 Å². The SMILES string of the molecule is O=C(Nc1ccc(Cl)c(Cl)c1)c1ccnc(NCc2ccccc2F)n1. The van der Waals surface area contributed by atoms with Crippen molar-refractivity contribution in [1.82, 2.24) is 9.97 Å². The fourth-order valence-electron chi connectivity index (χ4n) is 2.16. The molecule has 5 nitrogen and oxygen atoms in total. The minimum Gasteiger partial charge on any atom is -0.350 e. The Bertz CT molecular complexity index is 952. The van der Waals surface area contributed by atoms with Crippen molar-refractivity contribution in [1.29, 1.82) is 0 Å². The van der Waals surface area contributed by atoms with Crippen molar-refractivity contribution < 1.29 is 9.18 Å². The number of carbonyl (C=O) groups excluding carboxylic acids is 1. The Labute approximate surface area is 159 Å². The van der Waals surface area contributed by atoms with E-state index in [1.165, 1.54) is 18.3 Å². The molecule has 0 aliphatic heterocycles. The lowest BCUT2D eigenvalue weighted by molar-refractivity contribution is 0.102. The maximum Gasteiger partial charge on any atom is 0.274 e. The van der Waals surface area contributed by atoms with Gasteiger partial charge in [0.2, 0.25) is 5.95 Å². The Morgan fingerprint density at radius 2 is 1.88 bits per heavy atom. The zero-order valence-electron chi connectivity index (χ0n) is 13.3. The van der Waals surface area contributed by atoms with E-state index in [9.17, 15) is 9.18 Å². The predicted molar refractivity (Wildman–Crippen MR) is 100 cm³/mol. The summed E-state index contributed by atoms with van der Waals surface area (Å²) < 4.78 is 13.6.